The second-order valence-corrected chi connectivity index (χ2v) is 5.61. The first-order chi connectivity index (χ1) is 11.5. The summed E-state index contributed by atoms with van der Waals surface area (Å²) < 4.78 is 0. The summed E-state index contributed by atoms with van der Waals surface area (Å²) in [6.45, 7) is 2.57. The summed E-state index contributed by atoms with van der Waals surface area (Å²) in [5.74, 6) is -0.0713. The normalized spacial score (nSPS) is 17.0. The van der Waals surface area contributed by atoms with E-state index in [1.165, 1.54) is 4.90 Å². The molecule has 1 atom stereocenters. The third-order valence-corrected chi connectivity index (χ3v) is 3.71. The number of hydrogen-bond donors (Lipinski definition) is 2. The lowest BCUT2D eigenvalue weighted by atomic mass is 10.2. The van der Waals surface area contributed by atoms with E-state index >= 15 is 0 Å². The molecule has 9 nitrogen and oxygen atoms in total. The van der Waals surface area contributed by atoms with Crippen molar-refractivity contribution >= 4 is 23.8 Å². The van der Waals surface area contributed by atoms with Gasteiger partial charge in [-0.1, -0.05) is 6.92 Å². The number of nitrogens with one attached hydrogen (secondary N) is 2. The van der Waals surface area contributed by atoms with Gasteiger partial charge in [-0.25, -0.2) is 14.8 Å². The summed E-state index contributed by atoms with van der Waals surface area (Å²) in [5.41, 5.74) is 0.777. The molecule has 24 heavy (non-hydrogen) atoms. The zero-order valence-electron chi connectivity index (χ0n) is 14.1. The van der Waals surface area contributed by atoms with Crippen molar-refractivity contribution in [3.05, 3.63) is 18.0 Å². The molecule has 1 unspecified atom stereocenters. The molecule has 4 amide bonds. The highest BCUT2D eigenvalue weighted by molar-refractivity contribution is 6.05. The van der Waals surface area contributed by atoms with Crippen LogP contribution < -0.4 is 10.6 Å². The predicted molar refractivity (Wildman–Crippen MR) is 87.0 cm³/mol. The highest BCUT2D eigenvalue weighted by atomic mass is 16.2. The average Bonchev–Trinajstić information content (AvgIpc) is 2.83. The summed E-state index contributed by atoms with van der Waals surface area (Å²) >= 11 is 0. The smallest absolute Gasteiger partial charge is 0.324 e. The lowest BCUT2D eigenvalue weighted by Crippen LogP contribution is -2.37. The molecule has 1 aliphatic rings. The number of urea groups is 1. The Morgan fingerprint density at radius 3 is 2.62 bits per heavy atom. The van der Waals surface area contributed by atoms with Gasteiger partial charge in [-0.05, 0) is 6.42 Å². The van der Waals surface area contributed by atoms with E-state index in [2.05, 4.69) is 20.6 Å². The van der Waals surface area contributed by atoms with Gasteiger partial charge in [-0.3, -0.25) is 14.5 Å². The summed E-state index contributed by atoms with van der Waals surface area (Å²) in [5, 5.41) is 5.38. The van der Waals surface area contributed by atoms with Gasteiger partial charge in [0.05, 0.1) is 6.42 Å². The zero-order chi connectivity index (χ0) is 17.7. The van der Waals surface area contributed by atoms with Crippen LogP contribution in [0.15, 0.2) is 12.4 Å². The Hall–Kier alpha value is -2.71. The molecule has 0 spiro atoms. The highest BCUT2D eigenvalue weighted by Gasteiger charge is 2.38. The molecule has 0 aromatic carbocycles. The number of hydrogen-bond acceptors (Lipinski definition) is 6. The highest BCUT2D eigenvalue weighted by Crippen LogP contribution is 2.12. The third kappa shape index (κ3) is 3.98. The molecule has 2 N–H and O–H groups in total. The zero-order valence-corrected chi connectivity index (χ0v) is 14.1. The first kappa shape index (κ1) is 17.6. The van der Waals surface area contributed by atoms with Gasteiger partial charge in [-0.15, -0.1) is 0 Å². The van der Waals surface area contributed by atoms with E-state index in [-0.39, 0.29) is 18.2 Å². The summed E-state index contributed by atoms with van der Waals surface area (Å²) in [4.78, 5) is 47.0. The van der Waals surface area contributed by atoms with E-state index < -0.39 is 12.1 Å². The lowest BCUT2D eigenvalue weighted by molar-refractivity contribution is -0.135. The monoisotopic (exact) mass is 334 g/mol. The fraction of sp³-hybridized carbons (Fsp3) is 0.533. The Kier molecular flexibility index (Phi) is 5.67. The molecule has 130 valence electrons. The second-order valence-electron chi connectivity index (χ2n) is 5.61. The quantitative estimate of drug-likeness (QED) is 0.690. The summed E-state index contributed by atoms with van der Waals surface area (Å²) in [6.07, 6.45) is 3.89. The average molecular weight is 334 g/mol. The van der Waals surface area contributed by atoms with Gasteiger partial charge in [0.2, 0.25) is 11.9 Å². The van der Waals surface area contributed by atoms with Crippen LogP contribution in [-0.2, 0) is 16.1 Å². The van der Waals surface area contributed by atoms with Crippen LogP contribution in [0.5, 0.6) is 0 Å². The van der Waals surface area contributed by atoms with Crippen molar-refractivity contribution < 1.29 is 14.4 Å². The molecule has 1 saturated heterocycles. The molecule has 1 aromatic rings. The summed E-state index contributed by atoms with van der Waals surface area (Å²) in [6, 6.07) is -1.22. The fourth-order valence-corrected chi connectivity index (χ4v) is 2.41. The number of anilines is 1. The largest absolute Gasteiger partial charge is 0.357 e. The van der Waals surface area contributed by atoms with Gasteiger partial charge in [0, 0.05) is 45.1 Å². The van der Waals surface area contributed by atoms with Gasteiger partial charge < -0.3 is 15.5 Å². The molecule has 9 heteroatoms. The van der Waals surface area contributed by atoms with Crippen LogP contribution in [0.1, 0.15) is 25.3 Å². The molecule has 2 rings (SSSR count). The van der Waals surface area contributed by atoms with Crippen LogP contribution in [0.3, 0.4) is 0 Å². The molecule has 0 radical (unpaired) electrons. The van der Waals surface area contributed by atoms with E-state index in [9.17, 15) is 14.4 Å². The van der Waals surface area contributed by atoms with Crippen LogP contribution in [0.4, 0.5) is 10.7 Å². The molecule has 1 fully saturated rings. The number of amides is 4. The first-order valence-electron chi connectivity index (χ1n) is 7.80. The maximum Gasteiger partial charge on any atom is 0.324 e. The molecule has 1 aliphatic heterocycles. The van der Waals surface area contributed by atoms with Crippen LogP contribution in [0.2, 0.25) is 0 Å². The van der Waals surface area contributed by atoms with E-state index in [0.717, 1.165) is 10.5 Å². The number of imide groups is 1. The molecule has 0 aliphatic carbocycles. The van der Waals surface area contributed by atoms with Crippen LogP contribution in [0.25, 0.3) is 0 Å². The first-order valence-corrected chi connectivity index (χ1v) is 7.80. The van der Waals surface area contributed by atoms with E-state index in [1.807, 2.05) is 6.92 Å². The van der Waals surface area contributed by atoms with Crippen molar-refractivity contribution in [1.29, 1.82) is 0 Å². The van der Waals surface area contributed by atoms with E-state index in [0.29, 0.717) is 25.5 Å². The number of carbonyl (C=O) groups excluding carboxylic acids is 3. The topological polar surface area (TPSA) is 108 Å². The number of carbonyl (C=O) groups is 3. The van der Waals surface area contributed by atoms with Gasteiger partial charge in [0.15, 0.2) is 0 Å². The minimum atomic E-state index is -0.790. The molecular weight excluding hydrogens is 312 g/mol. The van der Waals surface area contributed by atoms with E-state index in [1.54, 1.807) is 26.5 Å². The second kappa shape index (κ2) is 7.71. The third-order valence-electron chi connectivity index (χ3n) is 3.71. The minimum absolute atomic E-state index is 0.0588. The number of rotatable bonds is 7. The Morgan fingerprint density at radius 2 is 2.04 bits per heavy atom. The molecule has 2 heterocycles. The molecule has 0 saturated carbocycles. The van der Waals surface area contributed by atoms with Crippen LogP contribution in [-0.4, -0.2) is 64.3 Å². The minimum Gasteiger partial charge on any atom is -0.357 e. The van der Waals surface area contributed by atoms with Gasteiger partial charge in [0.1, 0.15) is 6.04 Å². The number of nitrogens with zero attached hydrogens (tertiary/aromatic N) is 4. The standard InChI is InChI=1S/C15H22N6O3/c1-4-5-21-13(23)11(19-15(21)24)6-12(22)20(3)9-10-7-17-14(16-2)18-8-10/h7-8,11H,4-6,9H2,1-3H3,(H,19,24)(H,16,17,18). The van der Waals surface area contributed by atoms with Crippen molar-refractivity contribution in [3.63, 3.8) is 0 Å². The maximum absolute atomic E-state index is 12.3. The van der Waals surface area contributed by atoms with Crippen molar-refractivity contribution in [1.82, 2.24) is 25.1 Å². The molecule has 1 aromatic heterocycles. The summed E-state index contributed by atoms with van der Waals surface area (Å²) in [7, 11) is 3.36. The Morgan fingerprint density at radius 1 is 1.38 bits per heavy atom. The number of aromatic nitrogens is 2. The SMILES string of the molecule is CCCN1C(=O)NC(CC(=O)N(C)Cc2cnc(NC)nc2)C1=O. The molecular formula is C15H22N6O3. The van der Waals surface area contributed by atoms with Crippen molar-refractivity contribution in [2.24, 2.45) is 0 Å². The predicted octanol–water partition coefficient (Wildman–Crippen LogP) is 0.197. The Balaban J connectivity index is 1.91. The fourth-order valence-electron chi connectivity index (χ4n) is 2.41. The van der Waals surface area contributed by atoms with E-state index in [4.69, 9.17) is 0 Å². The van der Waals surface area contributed by atoms with Crippen molar-refractivity contribution in [2.75, 3.05) is 26.0 Å². The van der Waals surface area contributed by atoms with Crippen molar-refractivity contribution in [2.45, 2.75) is 32.4 Å². The van der Waals surface area contributed by atoms with Crippen LogP contribution >= 0.6 is 0 Å². The van der Waals surface area contributed by atoms with Crippen LogP contribution in [0, 0.1) is 0 Å². The van der Waals surface area contributed by atoms with Gasteiger partial charge in [0.25, 0.3) is 5.91 Å². The maximum atomic E-state index is 12.3. The lowest BCUT2D eigenvalue weighted by Gasteiger charge is -2.18. The van der Waals surface area contributed by atoms with Crippen molar-refractivity contribution in [3.8, 4) is 0 Å². The molecule has 0 bridgehead atoms. The Bertz CT molecular complexity index is 618. The van der Waals surface area contributed by atoms with Gasteiger partial charge >= 0.3 is 6.03 Å². The van der Waals surface area contributed by atoms with Gasteiger partial charge in [-0.2, -0.15) is 0 Å². The Labute approximate surface area is 140 Å².